The van der Waals surface area contributed by atoms with Crippen molar-refractivity contribution in [3.8, 4) is 5.75 Å². The molecule has 0 saturated heterocycles. The highest BCUT2D eigenvalue weighted by atomic mass is 79.9. The normalized spacial score (nSPS) is 12.6. The van der Waals surface area contributed by atoms with Crippen LogP contribution < -0.4 is 10.5 Å². The zero-order valence-electron chi connectivity index (χ0n) is 10.7. The Kier molecular flexibility index (Phi) is 5.16. The van der Waals surface area contributed by atoms with E-state index in [1.807, 2.05) is 12.1 Å². The maximum absolute atomic E-state index is 10.8. The van der Waals surface area contributed by atoms with Crippen molar-refractivity contribution < 1.29 is 14.6 Å². The fraction of sp³-hybridized carbons (Fsp3) is 0.462. The minimum absolute atomic E-state index is 0.248. The Hall–Kier alpha value is -1.07. The van der Waals surface area contributed by atoms with Crippen LogP contribution in [0.15, 0.2) is 16.6 Å². The average Bonchev–Trinajstić information content (AvgIpc) is 2.28. The molecule has 0 spiro atoms. The topological polar surface area (TPSA) is 72.5 Å². The van der Waals surface area contributed by atoms with Crippen molar-refractivity contribution in [2.45, 2.75) is 32.2 Å². The van der Waals surface area contributed by atoms with E-state index in [-0.39, 0.29) is 6.42 Å². The summed E-state index contributed by atoms with van der Waals surface area (Å²) in [6.45, 7) is 4.16. The fourth-order valence-electron chi connectivity index (χ4n) is 1.71. The molecule has 0 heterocycles. The minimum atomic E-state index is -1.01. The molecule has 3 N–H and O–H groups in total. The van der Waals surface area contributed by atoms with Crippen LogP contribution in [0.2, 0.25) is 0 Å². The van der Waals surface area contributed by atoms with Gasteiger partial charge in [0.1, 0.15) is 11.8 Å². The van der Waals surface area contributed by atoms with Gasteiger partial charge >= 0.3 is 5.97 Å². The molecule has 100 valence electrons. The summed E-state index contributed by atoms with van der Waals surface area (Å²) in [6, 6.07) is 3.02. The number of hydrogen-bond acceptors (Lipinski definition) is 3. The molecular weight excluding hydrogens is 298 g/mol. The number of ether oxygens (including phenoxy) is 1. The fourth-order valence-corrected chi connectivity index (χ4v) is 2.39. The maximum atomic E-state index is 10.8. The van der Waals surface area contributed by atoms with Gasteiger partial charge in [0, 0.05) is 6.42 Å². The van der Waals surface area contributed by atoms with Crippen molar-refractivity contribution in [1.29, 1.82) is 0 Å². The van der Waals surface area contributed by atoms with Crippen LogP contribution in [-0.2, 0) is 11.2 Å². The molecule has 0 aliphatic heterocycles. The molecule has 0 saturated carbocycles. The number of aliphatic carboxylic acids is 1. The highest BCUT2D eigenvalue weighted by Crippen LogP contribution is 2.33. The van der Waals surface area contributed by atoms with Gasteiger partial charge in [0.15, 0.2) is 0 Å². The van der Waals surface area contributed by atoms with E-state index < -0.39 is 12.0 Å². The SMILES string of the molecule is COc1c(Br)cc(C(C)C)cc1CC(N)C(=O)O. The number of carboxylic acid groups (broad SMARTS) is 1. The third kappa shape index (κ3) is 3.46. The Morgan fingerprint density at radius 3 is 2.56 bits per heavy atom. The molecule has 0 aliphatic rings. The Morgan fingerprint density at radius 1 is 1.50 bits per heavy atom. The zero-order chi connectivity index (χ0) is 13.9. The van der Waals surface area contributed by atoms with Crippen LogP contribution in [0.3, 0.4) is 0 Å². The quantitative estimate of drug-likeness (QED) is 0.875. The second-order valence-electron chi connectivity index (χ2n) is 4.50. The second kappa shape index (κ2) is 6.20. The molecule has 5 heteroatoms. The highest BCUT2D eigenvalue weighted by Gasteiger charge is 2.18. The third-order valence-corrected chi connectivity index (χ3v) is 3.36. The summed E-state index contributed by atoms with van der Waals surface area (Å²) in [4.78, 5) is 10.8. The Balaban J connectivity index is 3.17. The lowest BCUT2D eigenvalue weighted by atomic mass is 9.97. The van der Waals surface area contributed by atoms with E-state index in [1.165, 1.54) is 0 Å². The molecular formula is C13H18BrNO3. The van der Waals surface area contributed by atoms with E-state index in [0.29, 0.717) is 11.7 Å². The van der Waals surface area contributed by atoms with Gasteiger partial charge in [-0.1, -0.05) is 19.9 Å². The molecule has 1 unspecified atom stereocenters. The third-order valence-electron chi connectivity index (χ3n) is 2.77. The smallest absolute Gasteiger partial charge is 0.320 e. The minimum Gasteiger partial charge on any atom is -0.495 e. The number of nitrogens with two attached hydrogens (primary N) is 1. The van der Waals surface area contributed by atoms with E-state index in [4.69, 9.17) is 15.6 Å². The lowest BCUT2D eigenvalue weighted by molar-refractivity contribution is -0.138. The molecule has 1 aromatic rings. The lowest BCUT2D eigenvalue weighted by Gasteiger charge is -2.16. The molecule has 1 aromatic carbocycles. The van der Waals surface area contributed by atoms with E-state index in [1.54, 1.807) is 7.11 Å². The van der Waals surface area contributed by atoms with Gasteiger partial charge in [-0.25, -0.2) is 0 Å². The molecule has 0 bridgehead atoms. The Bertz CT molecular complexity index is 446. The highest BCUT2D eigenvalue weighted by molar-refractivity contribution is 9.10. The van der Waals surface area contributed by atoms with Gasteiger partial charge in [0.25, 0.3) is 0 Å². The maximum Gasteiger partial charge on any atom is 0.320 e. The number of benzene rings is 1. The summed E-state index contributed by atoms with van der Waals surface area (Å²) in [5, 5.41) is 8.88. The summed E-state index contributed by atoms with van der Waals surface area (Å²) in [5.41, 5.74) is 7.51. The molecule has 4 nitrogen and oxygen atoms in total. The van der Waals surface area contributed by atoms with Crippen LogP contribution in [0.5, 0.6) is 5.75 Å². The van der Waals surface area contributed by atoms with Gasteiger partial charge in [0.2, 0.25) is 0 Å². The molecule has 18 heavy (non-hydrogen) atoms. The van der Waals surface area contributed by atoms with Crippen LogP contribution in [0.4, 0.5) is 0 Å². The van der Waals surface area contributed by atoms with Crippen LogP contribution >= 0.6 is 15.9 Å². The zero-order valence-corrected chi connectivity index (χ0v) is 12.3. The first-order valence-electron chi connectivity index (χ1n) is 5.71. The average molecular weight is 316 g/mol. The monoisotopic (exact) mass is 315 g/mol. The Morgan fingerprint density at radius 2 is 2.11 bits per heavy atom. The lowest BCUT2D eigenvalue weighted by Crippen LogP contribution is -2.32. The number of carboxylic acids is 1. The van der Waals surface area contributed by atoms with E-state index in [2.05, 4.69) is 29.8 Å². The van der Waals surface area contributed by atoms with Crippen molar-refractivity contribution in [3.63, 3.8) is 0 Å². The molecule has 0 fully saturated rings. The van der Waals surface area contributed by atoms with Gasteiger partial charge in [-0.3, -0.25) is 4.79 Å². The standard InChI is InChI=1S/C13H18BrNO3/c1-7(2)8-4-9(6-11(15)13(16)17)12(18-3)10(14)5-8/h4-5,7,11H,6,15H2,1-3H3,(H,16,17). The largest absolute Gasteiger partial charge is 0.495 e. The van der Waals surface area contributed by atoms with E-state index >= 15 is 0 Å². The number of hydrogen-bond donors (Lipinski definition) is 2. The summed E-state index contributed by atoms with van der Waals surface area (Å²) in [6.07, 6.45) is 0.248. The molecule has 1 atom stereocenters. The predicted molar refractivity (Wildman–Crippen MR) is 74.1 cm³/mol. The molecule has 0 radical (unpaired) electrons. The molecule has 0 aliphatic carbocycles. The Labute approximate surface area is 115 Å². The van der Waals surface area contributed by atoms with Crippen LogP contribution in [0.25, 0.3) is 0 Å². The van der Waals surface area contributed by atoms with E-state index in [9.17, 15) is 4.79 Å². The van der Waals surface area contributed by atoms with E-state index in [0.717, 1.165) is 15.6 Å². The summed E-state index contributed by atoms with van der Waals surface area (Å²) >= 11 is 3.44. The second-order valence-corrected chi connectivity index (χ2v) is 5.35. The van der Waals surface area contributed by atoms with Gasteiger partial charge in [-0.2, -0.15) is 0 Å². The van der Waals surface area contributed by atoms with Gasteiger partial charge in [0.05, 0.1) is 11.6 Å². The first-order valence-corrected chi connectivity index (χ1v) is 6.50. The predicted octanol–water partition coefficient (Wildman–Crippen LogP) is 2.54. The van der Waals surface area contributed by atoms with Gasteiger partial charge in [-0.05, 0) is 39.0 Å². The number of halogens is 1. The first-order chi connectivity index (χ1) is 8.36. The van der Waals surface area contributed by atoms with Crippen molar-refractivity contribution in [1.82, 2.24) is 0 Å². The summed E-state index contributed by atoms with van der Waals surface area (Å²) in [7, 11) is 1.56. The molecule has 0 aromatic heterocycles. The number of carbonyl (C=O) groups is 1. The van der Waals surface area contributed by atoms with Crippen LogP contribution in [0, 0.1) is 0 Å². The molecule has 1 rings (SSSR count). The number of rotatable bonds is 5. The van der Waals surface area contributed by atoms with Gasteiger partial charge in [-0.15, -0.1) is 0 Å². The van der Waals surface area contributed by atoms with Crippen LogP contribution in [0.1, 0.15) is 30.9 Å². The first kappa shape index (κ1) is 15.0. The number of methoxy groups -OCH3 is 1. The van der Waals surface area contributed by atoms with Crippen LogP contribution in [-0.4, -0.2) is 24.2 Å². The van der Waals surface area contributed by atoms with Crippen molar-refractivity contribution in [2.24, 2.45) is 5.73 Å². The van der Waals surface area contributed by atoms with Crippen molar-refractivity contribution in [3.05, 3.63) is 27.7 Å². The molecule has 0 amide bonds. The van der Waals surface area contributed by atoms with Crippen molar-refractivity contribution in [2.75, 3.05) is 7.11 Å². The van der Waals surface area contributed by atoms with Crippen molar-refractivity contribution >= 4 is 21.9 Å². The summed E-state index contributed by atoms with van der Waals surface area (Å²) in [5.74, 6) is -0.00812. The summed E-state index contributed by atoms with van der Waals surface area (Å²) < 4.78 is 6.12. The van der Waals surface area contributed by atoms with Gasteiger partial charge < -0.3 is 15.6 Å².